The smallest absolute Gasteiger partial charge is 0.318 e. The molecule has 0 unspecified atom stereocenters. The Hall–Kier alpha value is -3.68. The van der Waals surface area contributed by atoms with Crippen LogP contribution in [0.1, 0.15) is 27.3 Å². The van der Waals surface area contributed by atoms with E-state index in [0.29, 0.717) is 22.5 Å². The lowest BCUT2D eigenvalue weighted by molar-refractivity contribution is -0.167. The summed E-state index contributed by atoms with van der Waals surface area (Å²) in [7, 11) is 0. The summed E-state index contributed by atoms with van der Waals surface area (Å²) in [6.45, 7) is 3.53. The molecule has 0 fully saturated rings. The van der Waals surface area contributed by atoms with Gasteiger partial charge in [-0.15, -0.1) is 0 Å². The van der Waals surface area contributed by atoms with Crippen molar-refractivity contribution in [1.82, 2.24) is 9.78 Å². The number of nitrogens with one attached hydrogen (secondary N) is 1. The number of rotatable bonds is 5. The first-order valence-electron chi connectivity index (χ1n) is 8.99. The van der Waals surface area contributed by atoms with E-state index < -0.39 is 12.1 Å². The van der Waals surface area contributed by atoms with Gasteiger partial charge >= 0.3 is 12.1 Å². The highest BCUT2D eigenvalue weighted by Gasteiger charge is 2.38. The van der Waals surface area contributed by atoms with Crippen molar-refractivity contribution in [1.29, 1.82) is 0 Å². The number of ketones is 1. The Labute approximate surface area is 170 Å². The summed E-state index contributed by atoms with van der Waals surface area (Å²) in [5.41, 5.74) is 2.98. The predicted molar refractivity (Wildman–Crippen MR) is 108 cm³/mol. The van der Waals surface area contributed by atoms with Gasteiger partial charge in [-0.25, -0.2) is 4.68 Å². The van der Waals surface area contributed by atoms with Crippen LogP contribution in [0.2, 0.25) is 0 Å². The molecule has 30 heavy (non-hydrogen) atoms. The number of benzene rings is 2. The third-order valence-electron chi connectivity index (χ3n) is 4.37. The fourth-order valence-electron chi connectivity index (χ4n) is 3.00. The Morgan fingerprint density at radius 2 is 1.73 bits per heavy atom. The summed E-state index contributed by atoms with van der Waals surface area (Å²) in [5, 5.41) is 6.22. The van der Waals surface area contributed by atoms with Gasteiger partial charge in [-0.2, -0.15) is 18.3 Å². The third-order valence-corrected chi connectivity index (χ3v) is 4.37. The number of amides is 1. The second-order valence-corrected chi connectivity index (χ2v) is 6.57. The highest BCUT2D eigenvalue weighted by atomic mass is 19.4. The number of hydrogen-bond acceptors (Lipinski definition) is 3. The molecular weight excluding hydrogens is 395 g/mol. The molecule has 8 heteroatoms. The van der Waals surface area contributed by atoms with Crippen LogP contribution >= 0.6 is 0 Å². The summed E-state index contributed by atoms with van der Waals surface area (Å²) in [5.74, 6) is -2.34. The minimum Gasteiger partial charge on any atom is -0.318 e. The van der Waals surface area contributed by atoms with Gasteiger partial charge < -0.3 is 5.32 Å². The monoisotopic (exact) mass is 413 g/mol. The number of para-hydroxylation sites is 1. The summed E-state index contributed by atoms with van der Waals surface area (Å²) in [6, 6.07) is 15.2. The average Bonchev–Trinajstić information content (AvgIpc) is 3.00. The molecule has 2 aromatic carbocycles. The Kier molecular flexibility index (Phi) is 5.86. The van der Waals surface area contributed by atoms with Crippen LogP contribution in [-0.2, 0) is 4.79 Å². The molecule has 0 spiro atoms. The molecule has 1 N–H and O–H groups in total. The summed E-state index contributed by atoms with van der Waals surface area (Å²) in [6.07, 6.45) is -2.17. The molecule has 5 nitrogen and oxygen atoms in total. The molecule has 1 heterocycles. The van der Waals surface area contributed by atoms with Crippen LogP contribution in [-0.4, -0.2) is 27.6 Å². The number of allylic oxidation sites excluding steroid dienone is 1. The largest absolute Gasteiger partial charge is 0.471 e. The number of nitrogens with zero attached hydrogens (tertiary/aromatic N) is 2. The topological polar surface area (TPSA) is 64.0 Å². The molecule has 0 saturated heterocycles. The van der Waals surface area contributed by atoms with Gasteiger partial charge in [0, 0.05) is 5.69 Å². The van der Waals surface area contributed by atoms with Crippen molar-refractivity contribution in [3.8, 4) is 5.69 Å². The first-order valence-corrected chi connectivity index (χ1v) is 8.99. The van der Waals surface area contributed by atoms with Crippen LogP contribution in [0.25, 0.3) is 11.8 Å². The zero-order valence-corrected chi connectivity index (χ0v) is 16.2. The summed E-state index contributed by atoms with van der Waals surface area (Å²) in [4.78, 5) is 23.8. The zero-order valence-electron chi connectivity index (χ0n) is 16.2. The van der Waals surface area contributed by atoms with E-state index in [0.717, 1.165) is 5.69 Å². The SMILES string of the molecule is Cc1nn(-c2ccccc2)c(C)c1C(=O)/C=C/c1cccc(NC(=O)C(F)(F)F)c1. The van der Waals surface area contributed by atoms with E-state index in [9.17, 15) is 22.8 Å². The number of anilines is 1. The number of alkyl halides is 3. The molecule has 154 valence electrons. The van der Waals surface area contributed by atoms with Crippen molar-refractivity contribution < 1.29 is 22.8 Å². The van der Waals surface area contributed by atoms with Gasteiger partial charge in [0.05, 0.1) is 22.6 Å². The first-order chi connectivity index (χ1) is 14.2. The van der Waals surface area contributed by atoms with Crippen molar-refractivity contribution in [3.05, 3.63) is 83.2 Å². The van der Waals surface area contributed by atoms with E-state index >= 15 is 0 Å². The van der Waals surface area contributed by atoms with Crippen molar-refractivity contribution in [2.45, 2.75) is 20.0 Å². The lowest BCUT2D eigenvalue weighted by Crippen LogP contribution is -2.29. The van der Waals surface area contributed by atoms with Gasteiger partial charge in [0.15, 0.2) is 5.78 Å². The van der Waals surface area contributed by atoms with E-state index in [1.165, 1.54) is 30.4 Å². The number of aromatic nitrogens is 2. The Balaban J connectivity index is 1.81. The quantitative estimate of drug-likeness (QED) is 0.479. The number of carbonyl (C=O) groups is 2. The van der Waals surface area contributed by atoms with E-state index in [2.05, 4.69) is 5.10 Å². The van der Waals surface area contributed by atoms with E-state index in [-0.39, 0.29) is 11.5 Å². The molecule has 0 aliphatic carbocycles. The molecule has 0 bridgehead atoms. The van der Waals surface area contributed by atoms with Gasteiger partial charge in [0.25, 0.3) is 0 Å². The normalized spacial score (nSPS) is 11.6. The van der Waals surface area contributed by atoms with Crippen LogP contribution in [0.15, 0.2) is 60.7 Å². The predicted octanol–water partition coefficient (Wildman–Crippen LogP) is 4.89. The molecule has 3 aromatic rings. The van der Waals surface area contributed by atoms with Crippen LogP contribution in [0, 0.1) is 13.8 Å². The van der Waals surface area contributed by atoms with Crippen LogP contribution in [0.4, 0.5) is 18.9 Å². The molecule has 0 radical (unpaired) electrons. The lowest BCUT2D eigenvalue weighted by Gasteiger charge is -2.08. The molecule has 0 aliphatic heterocycles. The van der Waals surface area contributed by atoms with Gasteiger partial charge in [-0.3, -0.25) is 9.59 Å². The second-order valence-electron chi connectivity index (χ2n) is 6.57. The minimum atomic E-state index is -4.98. The fourth-order valence-corrected chi connectivity index (χ4v) is 3.00. The number of halogens is 3. The zero-order chi connectivity index (χ0) is 21.9. The number of aryl methyl sites for hydroxylation is 1. The van der Waals surface area contributed by atoms with Crippen LogP contribution in [0.3, 0.4) is 0 Å². The lowest BCUT2D eigenvalue weighted by atomic mass is 10.1. The van der Waals surface area contributed by atoms with Crippen molar-refractivity contribution in [2.75, 3.05) is 5.32 Å². The number of hydrogen-bond donors (Lipinski definition) is 1. The maximum absolute atomic E-state index is 12.7. The second kappa shape index (κ2) is 8.36. The molecule has 0 aliphatic rings. The molecule has 0 saturated carbocycles. The van der Waals surface area contributed by atoms with Gasteiger partial charge in [0.2, 0.25) is 0 Å². The Morgan fingerprint density at radius 3 is 2.40 bits per heavy atom. The Morgan fingerprint density at radius 1 is 1.03 bits per heavy atom. The third kappa shape index (κ3) is 4.65. The highest BCUT2D eigenvalue weighted by molar-refractivity contribution is 6.08. The minimum absolute atomic E-state index is 0.0174. The maximum Gasteiger partial charge on any atom is 0.471 e. The van der Waals surface area contributed by atoms with E-state index in [1.54, 1.807) is 29.9 Å². The van der Waals surface area contributed by atoms with E-state index in [4.69, 9.17) is 0 Å². The average molecular weight is 413 g/mol. The first kappa shape index (κ1) is 21.0. The van der Waals surface area contributed by atoms with Gasteiger partial charge in [0.1, 0.15) is 0 Å². The van der Waals surface area contributed by atoms with E-state index in [1.807, 2.05) is 30.3 Å². The van der Waals surface area contributed by atoms with Gasteiger partial charge in [-0.05, 0) is 49.8 Å². The van der Waals surface area contributed by atoms with Crippen LogP contribution in [0.5, 0.6) is 0 Å². The molecule has 1 amide bonds. The van der Waals surface area contributed by atoms with Crippen molar-refractivity contribution in [3.63, 3.8) is 0 Å². The number of carbonyl (C=O) groups excluding carboxylic acids is 2. The molecule has 1 aromatic heterocycles. The molecule has 0 atom stereocenters. The fraction of sp³-hybridized carbons (Fsp3) is 0.136. The standard InChI is InChI=1S/C22H18F3N3O2/c1-14-20(15(2)28(27-14)18-9-4-3-5-10-18)19(29)12-11-16-7-6-8-17(13-16)26-21(30)22(23,24)25/h3-13H,1-2H3,(H,26,30)/b12-11+. The Bertz CT molecular complexity index is 1120. The maximum atomic E-state index is 12.7. The van der Waals surface area contributed by atoms with Crippen molar-refractivity contribution >= 4 is 23.5 Å². The van der Waals surface area contributed by atoms with Crippen molar-refractivity contribution in [2.24, 2.45) is 0 Å². The van der Waals surface area contributed by atoms with Gasteiger partial charge in [-0.1, -0.05) is 36.4 Å². The summed E-state index contributed by atoms with van der Waals surface area (Å²) >= 11 is 0. The summed E-state index contributed by atoms with van der Waals surface area (Å²) < 4.78 is 38.9. The highest BCUT2D eigenvalue weighted by Crippen LogP contribution is 2.21. The molecular formula is C22H18F3N3O2. The van der Waals surface area contributed by atoms with Crippen LogP contribution < -0.4 is 5.32 Å². The molecule has 3 rings (SSSR count).